The third kappa shape index (κ3) is 2.30. The van der Waals surface area contributed by atoms with Gasteiger partial charge in [-0.1, -0.05) is 11.6 Å². The highest BCUT2D eigenvalue weighted by molar-refractivity contribution is 6.33. The maximum atomic E-state index is 10.3. The van der Waals surface area contributed by atoms with Crippen LogP contribution in [0.5, 0.6) is 0 Å². The normalized spacial score (nSPS) is 9.69. The molecule has 0 aliphatic heterocycles. The molecule has 0 saturated heterocycles. The minimum atomic E-state index is -0.511. The second kappa shape index (κ2) is 4.06. The molecule has 0 heterocycles. The zero-order valence-electron chi connectivity index (χ0n) is 6.78. The van der Waals surface area contributed by atoms with Gasteiger partial charge in [-0.15, -0.1) is 0 Å². The predicted octanol–water partition coefficient (Wildman–Crippen LogP) is 2.22. The second-order valence-corrected chi connectivity index (χ2v) is 2.63. The molecular weight excluding hydrogens is 196 g/mol. The van der Waals surface area contributed by atoms with Crippen LogP contribution < -0.4 is 5.48 Å². The molecule has 0 spiro atoms. The van der Waals surface area contributed by atoms with E-state index in [0.717, 1.165) is 0 Å². The average Bonchev–Trinajstić information content (AvgIpc) is 2.08. The minimum Gasteiger partial charge on any atom is -0.279 e. The van der Waals surface area contributed by atoms with Crippen molar-refractivity contribution in [2.24, 2.45) is 0 Å². The van der Waals surface area contributed by atoms with E-state index in [-0.39, 0.29) is 10.7 Å². The number of nitro groups is 1. The number of non-ortho nitro benzene ring substituents is 1. The fourth-order valence-electron chi connectivity index (χ4n) is 0.810. The van der Waals surface area contributed by atoms with Gasteiger partial charge in [-0.25, -0.2) is 0 Å². The number of rotatable bonds is 3. The van der Waals surface area contributed by atoms with Crippen LogP contribution in [-0.2, 0) is 4.84 Å². The zero-order valence-corrected chi connectivity index (χ0v) is 7.54. The molecule has 5 nitrogen and oxygen atoms in total. The fraction of sp³-hybridized carbons (Fsp3) is 0.143. The summed E-state index contributed by atoms with van der Waals surface area (Å²) in [7, 11) is 1.43. The van der Waals surface area contributed by atoms with E-state index >= 15 is 0 Å². The van der Waals surface area contributed by atoms with Crippen molar-refractivity contribution in [3.8, 4) is 0 Å². The van der Waals surface area contributed by atoms with Gasteiger partial charge in [0.05, 0.1) is 22.7 Å². The molecule has 1 rings (SSSR count). The van der Waals surface area contributed by atoms with Crippen molar-refractivity contribution in [1.29, 1.82) is 0 Å². The Labute approximate surface area is 79.4 Å². The molecule has 0 aromatic heterocycles. The Balaban J connectivity index is 2.98. The van der Waals surface area contributed by atoms with Crippen LogP contribution in [0, 0.1) is 10.1 Å². The van der Waals surface area contributed by atoms with Crippen molar-refractivity contribution in [1.82, 2.24) is 0 Å². The van der Waals surface area contributed by atoms with Gasteiger partial charge in [0.25, 0.3) is 5.69 Å². The second-order valence-electron chi connectivity index (χ2n) is 2.23. The Morgan fingerprint density at radius 2 is 2.31 bits per heavy atom. The summed E-state index contributed by atoms with van der Waals surface area (Å²) in [4.78, 5) is 14.4. The molecular formula is C7H7ClN2O3. The lowest BCUT2D eigenvalue weighted by molar-refractivity contribution is -0.384. The summed E-state index contributed by atoms with van der Waals surface area (Å²) < 4.78 is 0. The van der Waals surface area contributed by atoms with E-state index < -0.39 is 4.92 Å². The number of anilines is 1. The Morgan fingerprint density at radius 1 is 1.62 bits per heavy atom. The average molecular weight is 203 g/mol. The van der Waals surface area contributed by atoms with E-state index in [1.807, 2.05) is 0 Å². The summed E-state index contributed by atoms with van der Waals surface area (Å²) in [6.07, 6.45) is 0. The number of halogens is 1. The third-order valence-corrected chi connectivity index (χ3v) is 1.69. The molecule has 0 amide bonds. The van der Waals surface area contributed by atoms with Gasteiger partial charge in [-0.3, -0.25) is 20.4 Å². The SMILES string of the molecule is CONc1ccc([N+](=O)[O-])cc1Cl. The quantitative estimate of drug-likeness (QED) is 0.603. The van der Waals surface area contributed by atoms with Crippen molar-refractivity contribution >= 4 is 23.0 Å². The van der Waals surface area contributed by atoms with Crippen molar-refractivity contribution in [3.63, 3.8) is 0 Å². The molecule has 1 aromatic carbocycles. The van der Waals surface area contributed by atoms with Crippen LogP contribution in [0.2, 0.25) is 5.02 Å². The maximum absolute atomic E-state index is 10.3. The molecule has 0 aliphatic carbocycles. The molecule has 0 radical (unpaired) electrons. The molecule has 13 heavy (non-hydrogen) atoms. The number of nitrogens with zero attached hydrogens (tertiary/aromatic N) is 1. The monoisotopic (exact) mass is 202 g/mol. The van der Waals surface area contributed by atoms with E-state index in [1.165, 1.54) is 25.3 Å². The Bertz CT molecular complexity index is 330. The summed E-state index contributed by atoms with van der Waals surface area (Å²) in [6.45, 7) is 0. The number of benzene rings is 1. The molecule has 1 aromatic rings. The van der Waals surface area contributed by atoms with Crippen molar-refractivity contribution in [3.05, 3.63) is 33.3 Å². The van der Waals surface area contributed by atoms with E-state index in [4.69, 9.17) is 11.6 Å². The standard InChI is InChI=1S/C7H7ClN2O3/c1-13-9-7-3-2-5(10(11)12)4-6(7)8/h2-4,9H,1H3. The highest BCUT2D eigenvalue weighted by Crippen LogP contribution is 2.26. The molecule has 0 atom stereocenters. The van der Waals surface area contributed by atoms with Gasteiger partial charge >= 0.3 is 0 Å². The van der Waals surface area contributed by atoms with Gasteiger partial charge in [0.2, 0.25) is 0 Å². The lowest BCUT2D eigenvalue weighted by Crippen LogP contribution is -1.96. The minimum absolute atomic E-state index is 0.0494. The zero-order chi connectivity index (χ0) is 9.84. The van der Waals surface area contributed by atoms with Crippen LogP contribution in [0.15, 0.2) is 18.2 Å². The molecule has 0 bridgehead atoms. The summed E-state index contributed by atoms with van der Waals surface area (Å²) in [5, 5.41) is 10.6. The van der Waals surface area contributed by atoms with Crippen LogP contribution in [0.4, 0.5) is 11.4 Å². The molecule has 70 valence electrons. The highest BCUT2D eigenvalue weighted by atomic mass is 35.5. The van der Waals surface area contributed by atoms with Crippen molar-refractivity contribution in [2.45, 2.75) is 0 Å². The molecule has 6 heteroatoms. The summed E-state index contributed by atoms with van der Waals surface area (Å²) in [5.74, 6) is 0. The topological polar surface area (TPSA) is 64.4 Å². The first-order valence-corrected chi connectivity index (χ1v) is 3.76. The van der Waals surface area contributed by atoms with E-state index in [2.05, 4.69) is 10.3 Å². The molecule has 0 fully saturated rings. The van der Waals surface area contributed by atoms with Gasteiger partial charge in [0.1, 0.15) is 0 Å². The summed E-state index contributed by atoms with van der Waals surface area (Å²) in [6, 6.07) is 4.07. The number of nitrogens with one attached hydrogen (secondary N) is 1. The van der Waals surface area contributed by atoms with E-state index in [1.54, 1.807) is 0 Å². The summed E-state index contributed by atoms with van der Waals surface area (Å²) in [5.41, 5.74) is 2.93. The third-order valence-electron chi connectivity index (χ3n) is 1.38. The molecule has 1 N–H and O–H groups in total. The van der Waals surface area contributed by atoms with Gasteiger partial charge in [0.15, 0.2) is 0 Å². The lowest BCUT2D eigenvalue weighted by atomic mass is 10.3. The predicted molar refractivity (Wildman–Crippen MR) is 48.7 cm³/mol. The van der Waals surface area contributed by atoms with Gasteiger partial charge < -0.3 is 0 Å². The van der Waals surface area contributed by atoms with Gasteiger partial charge in [-0.2, -0.15) is 0 Å². The maximum Gasteiger partial charge on any atom is 0.271 e. The summed E-state index contributed by atoms with van der Waals surface area (Å²) >= 11 is 5.71. The Kier molecular flexibility index (Phi) is 3.05. The smallest absolute Gasteiger partial charge is 0.271 e. The van der Waals surface area contributed by atoms with Gasteiger partial charge in [-0.05, 0) is 6.07 Å². The first kappa shape index (κ1) is 9.76. The molecule has 0 aliphatic rings. The van der Waals surface area contributed by atoms with Crippen LogP contribution in [0.1, 0.15) is 0 Å². The van der Waals surface area contributed by atoms with Crippen LogP contribution in [-0.4, -0.2) is 12.0 Å². The highest BCUT2D eigenvalue weighted by Gasteiger charge is 2.08. The van der Waals surface area contributed by atoms with Gasteiger partial charge in [0, 0.05) is 12.1 Å². The number of hydrogen-bond donors (Lipinski definition) is 1. The lowest BCUT2D eigenvalue weighted by Gasteiger charge is -2.03. The van der Waals surface area contributed by atoms with Crippen molar-refractivity contribution < 1.29 is 9.76 Å². The molecule has 0 unspecified atom stereocenters. The fourth-order valence-corrected chi connectivity index (χ4v) is 1.02. The first-order valence-electron chi connectivity index (χ1n) is 3.38. The number of hydrogen-bond acceptors (Lipinski definition) is 4. The largest absolute Gasteiger partial charge is 0.279 e. The number of nitro benzene ring substituents is 1. The van der Waals surface area contributed by atoms with Crippen LogP contribution in [0.25, 0.3) is 0 Å². The van der Waals surface area contributed by atoms with E-state index in [0.29, 0.717) is 5.69 Å². The Morgan fingerprint density at radius 3 is 2.77 bits per heavy atom. The molecule has 0 saturated carbocycles. The Hall–Kier alpha value is -1.33. The van der Waals surface area contributed by atoms with Crippen LogP contribution in [0.3, 0.4) is 0 Å². The first-order chi connectivity index (χ1) is 6.15. The van der Waals surface area contributed by atoms with E-state index in [9.17, 15) is 10.1 Å². The van der Waals surface area contributed by atoms with Crippen LogP contribution >= 0.6 is 11.6 Å². The van der Waals surface area contributed by atoms with Crippen molar-refractivity contribution in [2.75, 3.05) is 12.6 Å².